The number of hydrogen-bond acceptors (Lipinski definition) is 3. The topological polar surface area (TPSA) is 15.3 Å². The lowest BCUT2D eigenvalue weighted by atomic mass is 10.1. The molecule has 1 saturated carbocycles. The van der Waals surface area contributed by atoms with E-state index in [1.54, 1.807) is 11.3 Å². The Labute approximate surface area is 112 Å². The smallest absolute Gasteiger partial charge is 0.0931 e. The molecule has 1 aliphatic heterocycles. The van der Waals surface area contributed by atoms with Crippen LogP contribution >= 0.6 is 22.9 Å². The molecule has 0 bridgehead atoms. The predicted molar refractivity (Wildman–Crippen MR) is 73.9 cm³/mol. The third kappa shape index (κ3) is 3.02. The van der Waals surface area contributed by atoms with Crippen molar-refractivity contribution in [3.8, 4) is 0 Å². The highest BCUT2D eigenvalue weighted by Crippen LogP contribution is 2.42. The number of rotatable bonds is 4. The Bertz CT molecular complexity index is 369. The van der Waals surface area contributed by atoms with Gasteiger partial charge in [0.1, 0.15) is 0 Å². The second kappa shape index (κ2) is 5.27. The number of piperazine rings is 1. The predicted octanol–water partition coefficient (Wildman–Crippen LogP) is 3.15. The molecule has 1 N–H and O–H groups in total. The molecule has 4 heteroatoms. The summed E-state index contributed by atoms with van der Waals surface area (Å²) in [5.74, 6) is 0.968. The van der Waals surface area contributed by atoms with Gasteiger partial charge in [0.15, 0.2) is 0 Å². The quantitative estimate of drug-likeness (QED) is 0.904. The highest BCUT2D eigenvalue weighted by Gasteiger charge is 2.31. The normalized spacial score (nSPS) is 23.8. The summed E-state index contributed by atoms with van der Waals surface area (Å²) in [6.45, 7) is 4.60. The maximum atomic E-state index is 6.08. The first-order valence-corrected chi connectivity index (χ1v) is 7.72. The van der Waals surface area contributed by atoms with Gasteiger partial charge in [-0.1, -0.05) is 24.4 Å². The minimum atomic E-state index is 0.613. The van der Waals surface area contributed by atoms with Crippen molar-refractivity contribution in [1.82, 2.24) is 10.2 Å². The third-order valence-corrected chi connectivity index (χ3v) is 5.10. The summed E-state index contributed by atoms with van der Waals surface area (Å²) in [5.41, 5.74) is 0. The molecule has 1 aliphatic carbocycles. The van der Waals surface area contributed by atoms with Crippen molar-refractivity contribution in [1.29, 1.82) is 0 Å². The van der Waals surface area contributed by atoms with E-state index < -0.39 is 0 Å². The van der Waals surface area contributed by atoms with Gasteiger partial charge in [-0.15, -0.1) is 11.3 Å². The molecule has 1 aromatic rings. The summed E-state index contributed by atoms with van der Waals surface area (Å²) in [7, 11) is 0. The Morgan fingerprint density at radius 1 is 1.35 bits per heavy atom. The molecule has 2 nitrogen and oxygen atoms in total. The molecule has 2 fully saturated rings. The molecule has 17 heavy (non-hydrogen) atoms. The molecule has 0 radical (unpaired) electrons. The summed E-state index contributed by atoms with van der Waals surface area (Å²) in [4.78, 5) is 4.10. The molecule has 0 amide bonds. The Hall–Kier alpha value is -0.0900. The van der Waals surface area contributed by atoms with Crippen LogP contribution in [0.4, 0.5) is 0 Å². The van der Waals surface area contributed by atoms with Gasteiger partial charge in [-0.2, -0.15) is 0 Å². The Balaban J connectivity index is 1.74. The van der Waals surface area contributed by atoms with E-state index >= 15 is 0 Å². The fourth-order valence-corrected chi connectivity index (χ4v) is 3.82. The van der Waals surface area contributed by atoms with Gasteiger partial charge in [0.25, 0.3) is 0 Å². The lowest BCUT2D eigenvalue weighted by Crippen LogP contribution is -2.45. The van der Waals surface area contributed by atoms with E-state index in [-0.39, 0.29) is 0 Å². The average Bonchev–Trinajstić information content (AvgIpc) is 3.08. The molecule has 1 saturated heterocycles. The molecule has 2 aliphatic rings. The van der Waals surface area contributed by atoms with Crippen LogP contribution in [0.3, 0.4) is 0 Å². The van der Waals surface area contributed by atoms with Crippen molar-refractivity contribution in [2.45, 2.75) is 25.3 Å². The van der Waals surface area contributed by atoms with Gasteiger partial charge in [-0.3, -0.25) is 4.90 Å². The van der Waals surface area contributed by atoms with Gasteiger partial charge in [0.05, 0.1) is 4.34 Å². The second-order valence-corrected chi connectivity index (χ2v) is 6.87. The van der Waals surface area contributed by atoms with Crippen molar-refractivity contribution in [3.63, 3.8) is 0 Å². The lowest BCUT2D eigenvalue weighted by molar-refractivity contribution is 0.163. The van der Waals surface area contributed by atoms with E-state index in [9.17, 15) is 0 Å². The summed E-state index contributed by atoms with van der Waals surface area (Å²) in [6, 6.07) is 4.88. The van der Waals surface area contributed by atoms with E-state index in [1.807, 2.05) is 6.07 Å². The fourth-order valence-electron chi connectivity index (χ4n) is 2.62. The van der Waals surface area contributed by atoms with Crippen LogP contribution in [0.2, 0.25) is 4.34 Å². The first-order valence-electron chi connectivity index (χ1n) is 6.53. The molecule has 0 unspecified atom stereocenters. The van der Waals surface area contributed by atoms with Crippen molar-refractivity contribution in [3.05, 3.63) is 21.3 Å². The number of hydrogen-bond donors (Lipinski definition) is 1. The van der Waals surface area contributed by atoms with Crippen LogP contribution in [-0.2, 0) is 0 Å². The average molecular weight is 271 g/mol. The molecule has 0 aromatic carbocycles. The van der Waals surface area contributed by atoms with Crippen LogP contribution in [0, 0.1) is 5.92 Å². The summed E-state index contributed by atoms with van der Waals surface area (Å²) >= 11 is 7.85. The zero-order valence-electron chi connectivity index (χ0n) is 9.99. The number of nitrogens with zero attached hydrogens (tertiary/aromatic N) is 1. The van der Waals surface area contributed by atoms with E-state index in [0.717, 1.165) is 23.3 Å². The molecular formula is C13H19ClN2S. The number of nitrogens with one attached hydrogen (secondary N) is 1. The standard InChI is InChI=1S/C13H19ClN2S/c14-13-4-3-12(17-13)11(9-10-1-2-10)16-7-5-15-6-8-16/h3-4,10-11,15H,1-2,5-9H2/t11-/m0/s1. The van der Waals surface area contributed by atoms with Crippen LogP contribution in [0.15, 0.2) is 12.1 Å². The van der Waals surface area contributed by atoms with Crippen LogP contribution < -0.4 is 5.32 Å². The summed E-state index contributed by atoms with van der Waals surface area (Å²) in [6.07, 6.45) is 4.19. The maximum absolute atomic E-state index is 6.08. The van der Waals surface area contributed by atoms with Gasteiger partial charge >= 0.3 is 0 Å². The maximum Gasteiger partial charge on any atom is 0.0931 e. The molecular weight excluding hydrogens is 252 g/mol. The number of halogens is 1. The van der Waals surface area contributed by atoms with E-state index in [0.29, 0.717) is 6.04 Å². The highest BCUT2D eigenvalue weighted by atomic mass is 35.5. The van der Waals surface area contributed by atoms with Gasteiger partial charge < -0.3 is 5.32 Å². The zero-order valence-corrected chi connectivity index (χ0v) is 11.6. The molecule has 1 aromatic heterocycles. The Morgan fingerprint density at radius 2 is 2.12 bits per heavy atom. The van der Waals surface area contributed by atoms with Gasteiger partial charge in [0.2, 0.25) is 0 Å². The summed E-state index contributed by atoms with van der Waals surface area (Å²) < 4.78 is 0.927. The minimum Gasteiger partial charge on any atom is -0.314 e. The Morgan fingerprint density at radius 3 is 2.71 bits per heavy atom. The minimum absolute atomic E-state index is 0.613. The fraction of sp³-hybridized carbons (Fsp3) is 0.692. The first kappa shape index (κ1) is 12.0. The van der Waals surface area contributed by atoms with Crippen molar-refractivity contribution < 1.29 is 0 Å². The molecule has 3 rings (SSSR count). The van der Waals surface area contributed by atoms with Gasteiger partial charge in [0, 0.05) is 37.1 Å². The van der Waals surface area contributed by atoms with Crippen LogP contribution in [0.1, 0.15) is 30.2 Å². The zero-order chi connectivity index (χ0) is 11.7. The van der Waals surface area contributed by atoms with Crippen molar-refractivity contribution in [2.24, 2.45) is 5.92 Å². The highest BCUT2D eigenvalue weighted by molar-refractivity contribution is 7.16. The van der Waals surface area contributed by atoms with E-state index in [4.69, 9.17) is 11.6 Å². The van der Waals surface area contributed by atoms with Gasteiger partial charge in [-0.25, -0.2) is 0 Å². The van der Waals surface area contributed by atoms with Crippen LogP contribution in [0.25, 0.3) is 0 Å². The van der Waals surface area contributed by atoms with E-state index in [2.05, 4.69) is 16.3 Å². The second-order valence-electron chi connectivity index (χ2n) is 5.12. The van der Waals surface area contributed by atoms with Crippen LogP contribution in [-0.4, -0.2) is 31.1 Å². The molecule has 1 atom stereocenters. The Kier molecular flexibility index (Phi) is 3.71. The lowest BCUT2D eigenvalue weighted by Gasteiger charge is -2.34. The first-order chi connectivity index (χ1) is 8.33. The molecule has 94 valence electrons. The largest absolute Gasteiger partial charge is 0.314 e. The molecule has 0 spiro atoms. The number of thiophene rings is 1. The van der Waals surface area contributed by atoms with Crippen molar-refractivity contribution >= 4 is 22.9 Å². The van der Waals surface area contributed by atoms with Gasteiger partial charge in [-0.05, 0) is 24.5 Å². The SMILES string of the molecule is Clc1ccc([C@H](CC2CC2)N2CCNCC2)s1. The van der Waals surface area contributed by atoms with E-state index in [1.165, 1.54) is 37.2 Å². The third-order valence-electron chi connectivity index (χ3n) is 3.77. The molecule has 2 heterocycles. The summed E-state index contributed by atoms with van der Waals surface area (Å²) in [5, 5.41) is 3.43. The monoisotopic (exact) mass is 270 g/mol. The van der Waals surface area contributed by atoms with Crippen molar-refractivity contribution in [2.75, 3.05) is 26.2 Å². The van der Waals surface area contributed by atoms with Crippen LogP contribution in [0.5, 0.6) is 0 Å².